The van der Waals surface area contributed by atoms with Gasteiger partial charge in [-0.3, -0.25) is 9.59 Å². The molecule has 3 rings (SSSR count). The summed E-state index contributed by atoms with van der Waals surface area (Å²) in [5.74, 6) is -0.624. The molecule has 0 saturated carbocycles. The van der Waals surface area contributed by atoms with E-state index < -0.39 is 10.0 Å². The van der Waals surface area contributed by atoms with Crippen molar-refractivity contribution >= 4 is 33.2 Å². The largest absolute Gasteiger partial charge is 0.508 e. The molecule has 0 aliphatic heterocycles. The van der Waals surface area contributed by atoms with Crippen molar-refractivity contribution in [3.05, 3.63) is 82.0 Å². The lowest BCUT2D eigenvalue weighted by Gasteiger charge is -2.09. The molecule has 0 fully saturated rings. The van der Waals surface area contributed by atoms with Crippen molar-refractivity contribution < 1.29 is 23.1 Å². The molecular formula is C22H23N3O5S2. The third-order valence-electron chi connectivity index (χ3n) is 4.50. The molecular weight excluding hydrogens is 450 g/mol. The van der Waals surface area contributed by atoms with Crippen LogP contribution in [0, 0.1) is 0 Å². The quantitative estimate of drug-likeness (QED) is 0.336. The number of carbonyl (C=O) groups excluding carboxylic acids is 2. The molecule has 0 atom stereocenters. The number of rotatable bonds is 10. The minimum Gasteiger partial charge on any atom is -0.508 e. The maximum absolute atomic E-state index is 12.4. The van der Waals surface area contributed by atoms with Gasteiger partial charge in [0.2, 0.25) is 10.0 Å². The lowest BCUT2D eigenvalue weighted by atomic mass is 10.2. The Bertz CT molecular complexity index is 1140. The van der Waals surface area contributed by atoms with Crippen LogP contribution in [0.2, 0.25) is 0 Å². The van der Waals surface area contributed by atoms with Crippen LogP contribution in [0.4, 0.5) is 0 Å². The van der Waals surface area contributed by atoms with E-state index in [1.165, 1.54) is 48.5 Å². The van der Waals surface area contributed by atoms with E-state index in [4.69, 9.17) is 0 Å². The summed E-state index contributed by atoms with van der Waals surface area (Å²) in [4.78, 5) is 25.4. The van der Waals surface area contributed by atoms with Crippen molar-refractivity contribution in [1.29, 1.82) is 0 Å². The van der Waals surface area contributed by atoms with E-state index in [9.17, 15) is 23.1 Å². The van der Waals surface area contributed by atoms with Crippen LogP contribution in [0.25, 0.3) is 0 Å². The summed E-state index contributed by atoms with van der Waals surface area (Å²) in [6, 6.07) is 15.3. The third-order valence-corrected chi connectivity index (χ3v) is 6.91. The number of benzene rings is 2. The Morgan fingerprint density at radius 3 is 1.91 bits per heavy atom. The summed E-state index contributed by atoms with van der Waals surface area (Å²) in [7, 11) is -3.66. The minimum atomic E-state index is -3.66. The van der Waals surface area contributed by atoms with Gasteiger partial charge in [-0.1, -0.05) is 6.07 Å². The van der Waals surface area contributed by atoms with Crippen LogP contribution in [-0.4, -0.2) is 45.0 Å². The Morgan fingerprint density at radius 2 is 1.38 bits per heavy atom. The van der Waals surface area contributed by atoms with Gasteiger partial charge in [-0.2, -0.15) is 0 Å². The summed E-state index contributed by atoms with van der Waals surface area (Å²) in [6.07, 6.45) is 0.612. The third kappa shape index (κ3) is 6.64. The zero-order chi connectivity index (χ0) is 23.0. The van der Waals surface area contributed by atoms with Crippen molar-refractivity contribution in [2.75, 3.05) is 19.6 Å². The second-order valence-corrected chi connectivity index (χ2v) is 9.61. The first-order valence-corrected chi connectivity index (χ1v) is 12.2. The van der Waals surface area contributed by atoms with Gasteiger partial charge in [0.25, 0.3) is 11.8 Å². The molecule has 8 nitrogen and oxygen atoms in total. The SMILES string of the molecule is O=C(NCCNC(=O)c1ccc(S(=O)(=O)NCCc2cccs2)cc1)c1ccc(O)cc1. The molecule has 1 heterocycles. The molecule has 168 valence electrons. The fourth-order valence-corrected chi connectivity index (χ4v) is 4.54. The van der Waals surface area contributed by atoms with E-state index >= 15 is 0 Å². The molecule has 1 aromatic heterocycles. The molecule has 0 aliphatic rings. The number of aromatic hydroxyl groups is 1. The Labute approximate surface area is 190 Å². The van der Waals surface area contributed by atoms with Crippen LogP contribution in [0.1, 0.15) is 25.6 Å². The van der Waals surface area contributed by atoms with Crippen molar-refractivity contribution in [2.24, 2.45) is 0 Å². The number of carbonyl (C=O) groups is 2. The van der Waals surface area contributed by atoms with Gasteiger partial charge in [-0.15, -0.1) is 11.3 Å². The number of hydrogen-bond acceptors (Lipinski definition) is 6. The zero-order valence-corrected chi connectivity index (χ0v) is 18.7. The van der Waals surface area contributed by atoms with Crippen LogP contribution < -0.4 is 15.4 Å². The molecule has 0 spiro atoms. The van der Waals surface area contributed by atoms with Crippen LogP contribution in [-0.2, 0) is 16.4 Å². The maximum atomic E-state index is 12.4. The highest BCUT2D eigenvalue weighted by molar-refractivity contribution is 7.89. The molecule has 0 radical (unpaired) electrons. The number of amides is 2. The normalized spacial score (nSPS) is 11.1. The summed E-state index contributed by atoms with van der Waals surface area (Å²) < 4.78 is 27.3. The number of phenols is 1. The number of sulfonamides is 1. The monoisotopic (exact) mass is 473 g/mol. The predicted octanol–water partition coefficient (Wildman–Crippen LogP) is 2.13. The minimum absolute atomic E-state index is 0.0711. The lowest BCUT2D eigenvalue weighted by Crippen LogP contribution is -2.34. The highest BCUT2D eigenvalue weighted by Crippen LogP contribution is 2.12. The van der Waals surface area contributed by atoms with E-state index in [0.717, 1.165) is 4.88 Å². The van der Waals surface area contributed by atoms with Gasteiger partial charge in [0.05, 0.1) is 4.90 Å². The topological polar surface area (TPSA) is 125 Å². The zero-order valence-electron chi connectivity index (χ0n) is 17.1. The molecule has 3 aromatic rings. The van der Waals surface area contributed by atoms with E-state index in [1.807, 2.05) is 17.5 Å². The second kappa shape index (κ2) is 10.9. The summed E-state index contributed by atoms with van der Waals surface area (Å²) in [5.41, 5.74) is 0.710. The smallest absolute Gasteiger partial charge is 0.251 e. The Balaban J connectivity index is 1.43. The average Bonchev–Trinajstić information content (AvgIpc) is 3.30. The van der Waals surface area contributed by atoms with Gasteiger partial charge in [0.1, 0.15) is 5.75 Å². The molecule has 10 heteroatoms. The standard InChI is InChI=1S/C22H23N3O5S2/c26-18-7-3-16(4-8-18)21(27)23-13-14-24-22(28)17-5-9-20(10-6-17)32(29,30)25-12-11-19-2-1-15-31-19/h1-10,15,25-26H,11-14H2,(H,23,27)(H,24,28). The van der Waals surface area contributed by atoms with Crippen molar-refractivity contribution in [3.8, 4) is 5.75 Å². The van der Waals surface area contributed by atoms with Crippen LogP contribution in [0.15, 0.2) is 70.9 Å². The first-order valence-electron chi connectivity index (χ1n) is 9.83. The van der Waals surface area contributed by atoms with Gasteiger partial charge in [-0.05, 0) is 66.4 Å². The Hall–Kier alpha value is -3.21. The highest BCUT2D eigenvalue weighted by atomic mass is 32.2. The van der Waals surface area contributed by atoms with Gasteiger partial charge < -0.3 is 15.7 Å². The van der Waals surface area contributed by atoms with Crippen LogP contribution >= 0.6 is 11.3 Å². The molecule has 4 N–H and O–H groups in total. The van der Waals surface area contributed by atoms with Crippen LogP contribution in [0.3, 0.4) is 0 Å². The van der Waals surface area contributed by atoms with Gasteiger partial charge >= 0.3 is 0 Å². The van der Waals surface area contributed by atoms with Gasteiger partial charge in [0, 0.05) is 35.6 Å². The molecule has 0 unspecified atom stereocenters. The van der Waals surface area contributed by atoms with Crippen LogP contribution in [0.5, 0.6) is 5.75 Å². The lowest BCUT2D eigenvalue weighted by molar-refractivity contribution is 0.0927. The maximum Gasteiger partial charge on any atom is 0.251 e. The Kier molecular flexibility index (Phi) is 7.98. The fourth-order valence-electron chi connectivity index (χ4n) is 2.80. The molecule has 0 aliphatic carbocycles. The molecule has 2 amide bonds. The number of thiophene rings is 1. The number of hydrogen-bond donors (Lipinski definition) is 4. The Morgan fingerprint density at radius 1 is 0.812 bits per heavy atom. The average molecular weight is 474 g/mol. The summed E-state index contributed by atoms with van der Waals surface area (Å²) in [6.45, 7) is 0.708. The highest BCUT2D eigenvalue weighted by Gasteiger charge is 2.15. The number of nitrogens with one attached hydrogen (secondary N) is 3. The molecule has 32 heavy (non-hydrogen) atoms. The van der Waals surface area contributed by atoms with E-state index in [2.05, 4.69) is 15.4 Å². The van der Waals surface area contributed by atoms with E-state index in [-0.39, 0.29) is 35.5 Å². The summed E-state index contributed by atoms with van der Waals surface area (Å²) >= 11 is 1.57. The molecule has 2 aromatic carbocycles. The van der Waals surface area contributed by atoms with E-state index in [1.54, 1.807) is 11.3 Å². The fraction of sp³-hybridized carbons (Fsp3) is 0.182. The van der Waals surface area contributed by atoms with Gasteiger partial charge in [0.15, 0.2) is 0 Å². The molecule has 0 bridgehead atoms. The summed E-state index contributed by atoms with van der Waals surface area (Å²) in [5, 5.41) is 16.5. The number of phenolic OH excluding ortho intramolecular Hbond substituents is 1. The van der Waals surface area contributed by atoms with Crippen molar-refractivity contribution in [1.82, 2.24) is 15.4 Å². The first-order chi connectivity index (χ1) is 15.3. The van der Waals surface area contributed by atoms with Crippen molar-refractivity contribution in [3.63, 3.8) is 0 Å². The van der Waals surface area contributed by atoms with Crippen molar-refractivity contribution in [2.45, 2.75) is 11.3 Å². The van der Waals surface area contributed by atoms with E-state index in [0.29, 0.717) is 24.1 Å². The first kappa shape index (κ1) is 23.5. The molecule has 0 saturated heterocycles. The predicted molar refractivity (Wildman–Crippen MR) is 122 cm³/mol. The second-order valence-electron chi connectivity index (χ2n) is 6.81. The van der Waals surface area contributed by atoms with Gasteiger partial charge in [-0.25, -0.2) is 13.1 Å².